The Bertz CT molecular complexity index is 416. The second-order valence-electron chi connectivity index (χ2n) is 4.83. The van der Waals surface area contributed by atoms with E-state index in [9.17, 15) is 0 Å². The van der Waals surface area contributed by atoms with Gasteiger partial charge < -0.3 is 13.9 Å². The number of allylic oxidation sites excluding steroid dienone is 1. The fourth-order valence-corrected chi connectivity index (χ4v) is 2.36. The van der Waals surface area contributed by atoms with Crippen LogP contribution >= 0.6 is 0 Å². The first kappa shape index (κ1) is 14.5. The van der Waals surface area contributed by atoms with Crippen LogP contribution < -0.4 is 0 Å². The van der Waals surface area contributed by atoms with Gasteiger partial charge in [0.1, 0.15) is 16.6 Å². The molecule has 1 aromatic rings. The Kier molecular flexibility index (Phi) is 5.79. The maximum atomic E-state index is 5.54. The molecule has 1 aliphatic rings. The van der Waals surface area contributed by atoms with Crippen molar-refractivity contribution >= 4 is 16.1 Å². The number of ether oxygens (including phenoxy) is 2. The van der Waals surface area contributed by atoms with Gasteiger partial charge in [-0.05, 0) is 29.5 Å². The summed E-state index contributed by atoms with van der Waals surface area (Å²) in [5.41, 5.74) is 3.62. The molecule has 1 unspecified atom stereocenters. The lowest BCUT2D eigenvalue weighted by molar-refractivity contribution is 0.115. The summed E-state index contributed by atoms with van der Waals surface area (Å²) in [7, 11) is 0.764. The van der Waals surface area contributed by atoms with Gasteiger partial charge in [0.15, 0.2) is 0 Å². The summed E-state index contributed by atoms with van der Waals surface area (Å²) in [5, 5.41) is 0. The highest BCUT2D eigenvalue weighted by molar-refractivity contribution is 5.97. The van der Waals surface area contributed by atoms with E-state index < -0.39 is 0 Å². The van der Waals surface area contributed by atoms with Crippen LogP contribution in [0.15, 0.2) is 30.8 Å². The van der Waals surface area contributed by atoms with E-state index in [1.54, 1.807) is 0 Å². The van der Waals surface area contributed by atoms with Crippen molar-refractivity contribution in [2.24, 2.45) is 0 Å². The molecule has 0 aromatic heterocycles. The minimum absolute atomic E-state index is 0.356. The molecule has 0 N–H and O–H groups in total. The Morgan fingerprint density at radius 1 is 1.42 bits per heavy atom. The maximum Gasteiger partial charge on any atom is 0.146 e. The SMILES string of the molecule is C=C(CCCOCC1CO1)c1ccccc1CO[SiH3]. The molecule has 2 rings (SSSR count). The molecule has 4 heteroatoms. The lowest BCUT2D eigenvalue weighted by atomic mass is 9.98. The van der Waals surface area contributed by atoms with Crippen molar-refractivity contribution in [3.63, 3.8) is 0 Å². The quantitative estimate of drug-likeness (QED) is 0.391. The molecule has 0 aliphatic carbocycles. The third kappa shape index (κ3) is 4.91. The van der Waals surface area contributed by atoms with Crippen LogP contribution in [0.5, 0.6) is 0 Å². The Labute approximate surface area is 118 Å². The lowest BCUT2D eigenvalue weighted by Crippen LogP contribution is -2.03. The molecule has 1 fully saturated rings. The van der Waals surface area contributed by atoms with Gasteiger partial charge in [-0.25, -0.2) is 0 Å². The summed E-state index contributed by atoms with van der Waals surface area (Å²) >= 11 is 0. The summed E-state index contributed by atoms with van der Waals surface area (Å²) in [4.78, 5) is 0. The largest absolute Gasteiger partial charge is 0.424 e. The maximum absolute atomic E-state index is 5.54. The van der Waals surface area contributed by atoms with E-state index in [4.69, 9.17) is 13.9 Å². The third-order valence-corrected chi connectivity index (χ3v) is 3.46. The van der Waals surface area contributed by atoms with Gasteiger partial charge >= 0.3 is 0 Å². The number of benzene rings is 1. The van der Waals surface area contributed by atoms with Crippen molar-refractivity contribution in [1.82, 2.24) is 0 Å². The van der Waals surface area contributed by atoms with Crippen molar-refractivity contribution < 1.29 is 13.9 Å². The Balaban J connectivity index is 1.74. The molecule has 0 amide bonds. The Morgan fingerprint density at radius 2 is 2.21 bits per heavy atom. The molecule has 0 spiro atoms. The second kappa shape index (κ2) is 7.60. The lowest BCUT2D eigenvalue weighted by Gasteiger charge is -2.11. The van der Waals surface area contributed by atoms with Gasteiger partial charge in [0.05, 0.1) is 19.8 Å². The highest BCUT2D eigenvalue weighted by Gasteiger charge is 2.21. The number of epoxide rings is 1. The summed E-state index contributed by atoms with van der Waals surface area (Å²) in [5.74, 6) is 0. The smallest absolute Gasteiger partial charge is 0.146 e. The van der Waals surface area contributed by atoms with Crippen LogP contribution in [0.1, 0.15) is 24.0 Å². The van der Waals surface area contributed by atoms with Crippen molar-refractivity contribution in [3.05, 3.63) is 42.0 Å². The van der Waals surface area contributed by atoms with Crippen molar-refractivity contribution in [2.45, 2.75) is 25.6 Å². The van der Waals surface area contributed by atoms with Gasteiger partial charge in [0.2, 0.25) is 0 Å². The zero-order valence-corrected chi connectivity index (χ0v) is 13.6. The minimum atomic E-state index is 0.356. The van der Waals surface area contributed by atoms with Gasteiger partial charge in [-0.15, -0.1) is 0 Å². The average Bonchev–Trinajstić information content (AvgIpc) is 3.23. The zero-order valence-electron chi connectivity index (χ0n) is 11.6. The molecule has 19 heavy (non-hydrogen) atoms. The number of hydrogen-bond acceptors (Lipinski definition) is 3. The van der Waals surface area contributed by atoms with E-state index in [1.165, 1.54) is 16.7 Å². The second-order valence-corrected chi connectivity index (χ2v) is 5.40. The van der Waals surface area contributed by atoms with Gasteiger partial charge in [0, 0.05) is 6.61 Å². The Morgan fingerprint density at radius 3 is 2.95 bits per heavy atom. The van der Waals surface area contributed by atoms with Gasteiger partial charge in [-0.1, -0.05) is 30.8 Å². The predicted octanol–water partition coefficient (Wildman–Crippen LogP) is 1.69. The highest BCUT2D eigenvalue weighted by Crippen LogP contribution is 2.22. The van der Waals surface area contributed by atoms with Crippen molar-refractivity contribution in [3.8, 4) is 0 Å². The number of hydrogen-bond donors (Lipinski definition) is 0. The summed E-state index contributed by atoms with van der Waals surface area (Å²) in [6.45, 7) is 7.25. The van der Waals surface area contributed by atoms with Crippen molar-refractivity contribution in [2.75, 3.05) is 19.8 Å². The summed E-state index contributed by atoms with van der Waals surface area (Å²) in [6.07, 6.45) is 2.32. The van der Waals surface area contributed by atoms with E-state index in [0.717, 1.165) is 43.1 Å². The van der Waals surface area contributed by atoms with Crippen LogP contribution in [-0.4, -0.2) is 36.4 Å². The molecule has 1 aromatic carbocycles. The summed E-state index contributed by atoms with van der Waals surface area (Å²) in [6, 6.07) is 8.33. The zero-order chi connectivity index (χ0) is 13.5. The molecular weight excluding hydrogens is 256 g/mol. The highest BCUT2D eigenvalue weighted by atomic mass is 28.2. The van der Waals surface area contributed by atoms with Gasteiger partial charge in [0.25, 0.3) is 0 Å². The fourth-order valence-electron chi connectivity index (χ4n) is 2.05. The van der Waals surface area contributed by atoms with Crippen molar-refractivity contribution in [1.29, 1.82) is 0 Å². The topological polar surface area (TPSA) is 31.0 Å². The molecular formula is C15H22O3Si. The van der Waals surface area contributed by atoms with Crippen LogP contribution in [0.25, 0.3) is 5.57 Å². The normalized spacial score (nSPS) is 17.6. The molecule has 1 saturated heterocycles. The Hall–Kier alpha value is -0.943. The first-order chi connectivity index (χ1) is 9.31. The van der Waals surface area contributed by atoms with E-state index in [2.05, 4.69) is 24.8 Å². The average molecular weight is 278 g/mol. The van der Waals surface area contributed by atoms with Gasteiger partial charge in [-0.3, -0.25) is 0 Å². The van der Waals surface area contributed by atoms with Gasteiger partial charge in [-0.2, -0.15) is 0 Å². The van der Waals surface area contributed by atoms with Crippen LogP contribution in [0.2, 0.25) is 0 Å². The van der Waals surface area contributed by atoms with E-state index in [1.807, 2.05) is 6.07 Å². The van der Waals surface area contributed by atoms with E-state index in [-0.39, 0.29) is 0 Å². The van der Waals surface area contributed by atoms with Crippen LogP contribution in [0.4, 0.5) is 0 Å². The molecule has 3 nitrogen and oxygen atoms in total. The van der Waals surface area contributed by atoms with Crippen LogP contribution in [0, 0.1) is 0 Å². The standard InChI is InChI=1S/C15H22O3Si/c1-12(5-4-8-16-10-14-11-17-14)15-7-3-2-6-13(15)9-18-19/h2-3,6-7,14H,1,4-5,8-11H2,19H3. The first-order valence-corrected chi connectivity index (χ1v) is 7.57. The monoisotopic (exact) mass is 278 g/mol. The number of rotatable bonds is 9. The van der Waals surface area contributed by atoms with E-state index >= 15 is 0 Å². The molecule has 1 aliphatic heterocycles. The van der Waals surface area contributed by atoms with Crippen LogP contribution in [-0.2, 0) is 20.5 Å². The fraction of sp³-hybridized carbons (Fsp3) is 0.467. The molecule has 0 saturated carbocycles. The predicted molar refractivity (Wildman–Crippen MR) is 80.0 cm³/mol. The van der Waals surface area contributed by atoms with Crippen LogP contribution in [0.3, 0.4) is 0 Å². The van der Waals surface area contributed by atoms with E-state index in [0.29, 0.717) is 12.7 Å². The molecule has 104 valence electrons. The molecule has 0 radical (unpaired) electrons. The molecule has 1 heterocycles. The summed E-state index contributed by atoms with van der Waals surface area (Å²) < 4.78 is 16.0. The molecule has 0 bridgehead atoms. The first-order valence-electron chi connectivity index (χ1n) is 6.75. The third-order valence-electron chi connectivity index (χ3n) is 3.17. The minimum Gasteiger partial charge on any atom is -0.424 e. The molecule has 1 atom stereocenters.